The number of nitrogens with zero attached hydrogens (tertiary/aromatic N) is 3. The van der Waals surface area contributed by atoms with Crippen molar-refractivity contribution >= 4 is 16.9 Å². The number of benzene rings is 1. The Morgan fingerprint density at radius 1 is 1.25 bits per heavy atom. The van der Waals surface area contributed by atoms with Crippen molar-refractivity contribution < 1.29 is 4.79 Å². The van der Waals surface area contributed by atoms with Gasteiger partial charge in [-0.05, 0) is 24.1 Å². The first-order chi connectivity index (χ1) is 9.49. The SMILES string of the molecule is CC(C)C1(N)CN(C(=O)c2ccc3nccnc3c2)C1. The first-order valence-electron chi connectivity index (χ1n) is 6.78. The maximum atomic E-state index is 12.4. The van der Waals surface area contributed by atoms with Gasteiger partial charge < -0.3 is 10.6 Å². The zero-order valence-corrected chi connectivity index (χ0v) is 11.7. The van der Waals surface area contributed by atoms with E-state index in [1.165, 1.54) is 0 Å². The number of carbonyl (C=O) groups excluding carboxylic acids is 1. The molecule has 2 aromatic rings. The van der Waals surface area contributed by atoms with Crippen LogP contribution in [0, 0.1) is 5.92 Å². The standard InChI is InChI=1S/C15H18N4O/c1-10(2)15(16)8-19(9-15)14(20)11-3-4-12-13(7-11)18-6-5-17-12/h3-7,10H,8-9,16H2,1-2H3. The summed E-state index contributed by atoms with van der Waals surface area (Å²) in [7, 11) is 0. The molecule has 3 rings (SSSR count). The molecule has 1 aliphatic heterocycles. The van der Waals surface area contributed by atoms with Gasteiger partial charge in [-0.25, -0.2) is 0 Å². The van der Waals surface area contributed by atoms with Crippen LogP contribution in [0.3, 0.4) is 0 Å². The molecule has 1 fully saturated rings. The second kappa shape index (κ2) is 4.52. The fraction of sp³-hybridized carbons (Fsp3) is 0.400. The molecular formula is C15H18N4O. The normalized spacial score (nSPS) is 17.3. The Balaban J connectivity index is 1.80. The molecule has 1 amide bonds. The zero-order valence-electron chi connectivity index (χ0n) is 11.7. The molecule has 0 atom stereocenters. The van der Waals surface area contributed by atoms with Gasteiger partial charge in [0.1, 0.15) is 0 Å². The molecule has 2 heterocycles. The van der Waals surface area contributed by atoms with Crippen LogP contribution in [0.5, 0.6) is 0 Å². The first-order valence-corrected chi connectivity index (χ1v) is 6.78. The van der Waals surface area contributed by atoms with Gasteiger partial charge in [0.2, 0.25) is 0 Å². The van der Waals surface area contributed by atoms with E-state index in [2.05, 4.69) is 23.8 Å². The second-order valence-electron chi connectivity index (χ2n) is 5.81. The van der Waals surface area contributed by atoms with E-state index >= 15 is 0 Å². The van der Waals surface area contributed by atoms with E-state index in [1.54, 1.807) is 29.4 Å². The van der Waals surface area contributed by atoms with Crippen molar-refractivity contribution in [3.05, 3.63) is 36.2 Å². The molecule has 104 valence electrons. The van der Waals surface area contributed by atoms with Crippen LogP contribution in [0.4, 0.5) is 0 Å². The van der Waals surface area contributed by atoms with E-state index in [0.29, 0.717) is 24.6 Å². The molecule has 0 bridgehead atoms. The van der Waals surface area contributed by atoms with Gasteiger partial charge >= 0.3 is 0 Å². The Kier molecular flexibility index (Phi) is 2.94. The van der Waals surface area contributed by atoms with Crippen LogP contribution in [-0.2, 0) is 0 Å². The lowest BCUT2D eigenvalue weighted by molar-refractivity contribution is 0.0275. The molecule has 0 radical (unpaired) electrons. The van der Waals surface area contributed by atoms with E-state index in [4.69, 9.17) is 5.73 Å². The zero-order chi connectivity index (χ0) is 14.3. The minimum Gasteiger partial charge on any atom is -0.335 e. The molecule has 0 saturated carbocycles. The van der Waals surface area contributed by atoms with Gasteiger partial charge in [0, 0.05) is 31.0 Å². The van der Waals surface area contributed by atoms with E-state index in [-0.39, 0.29) is 11.4 Å². The number of hydrogen-bond acceptors (Lipinski definition) is 4. The summed E-state index contributed by atoms with van der Waals surface area (Å²) in [5.74, 6) is 0.383. The fourth-order valence-corrected chi connectivity index (χ4v) is 2.45. The molecular weight excluding hydrogens is 252 g/mol. The fourth-order valence-electron chi connectivity index (χ4n) is 2.45. The topological polar surface area (TPSA) is 72.1 Å². The lowest BCUT2D eigenvalue weighted by Crippen LogP contribution is -2.71. The number of rotatable bonds is 2. The summed E-state index contributed by atoms with van der Waals surface area (Å²) in [6.07, 6.45) is 3.27. The highest BCUT2D eigenvalue weighted by atomic mass is 16.2. The average molecular weight is 270 g/mol. The lowest BCUT2D eigenvalue weighted by Gasteiger charge is -2.50. The Morgan fingerprint density at radius 2 is 1.90 bits per heavy atom. The summed E-state index contributed by atoms with van der Waals surface area (Å²) < 4.78 is 0. The molecule has 0 spiro atoms. The van der Waals surface area contributed by atoms with E-state index in [9.17, 15) is 4.79 Å². The second-order valence-corrected chi connectivity index (χ2v) is 5.81. The van der Waals surface area contributed by atoms with Crippen molar-refractivity contribution in [3.63, 3.8) is 0 Å². The predicted octanol–water partition coefficient (Wildman–Crippen LogP) is 1.44. The third kappa shape index (κ3) is 2.04. The van der Waals surface area contributed by atoms with Crippen LogP contribution in [0.1, 0.15) is 24.2 Å². The summed E-state index contributed by atoms with van der Waals surface area (Å²) in [4.78, 5) is 22.6. The quantitative estimate of drug-likeness (QED) is 0.896. The van der Waals surface area contributed by atoms with Crippen molar-refractivity contribution in [2.45, 2.75) is 19.4 Å². The van der Waals surface area contributed by atoms with E-state index in [0.717, 1.165) is 11.0 Å². The van der Waals surface area contributed by atoms with Gasteiger partial charge in [-0.3, -0.25) is 14.8 Å². The van der Waals surface area contributed by atoms with Crippen LogP contribution >= 0.6 is 0 Å². The van der Waals surface area contributed by atoms with E-state index < -0.39 is 0 Å². The van der Waals surface area contributed by atoms with Crippen LogP contribution in [0.25, 0.3) is 11.0 Å². The Morgan fingerprint density at radius 3 is 2.55 bits per heavy atom. The van der Waals surface area contributed by atoms with Crippen molar-refractivity contribution in [2.75, 3.05) is 13.1 Å². The van der Waals surface area contributed by atoms with Gasteiger partial charge in [0.15, 0.2) is 0 Å². The first kappa shape index (κ1) is 13.0. The highest BCUT2D eigenvalue weighted by molar-refractivity contribution is 5.97. The number of nitrogens with two attached hydrogens (primary N) is 1. The monoisotopic (exact) mass is 270 g/mol. The average Bonchev–Trinajstić information content (AvgIpc) is 2.42. The molecule has 5 heteroatoms. The molecule has 1 aromatic heterocycles. The molecule has 1 saturated heterocycles. The van der Waals surface area contributed by atoms with Gasteiger partial charge in [-0.1, -0.05) is 13.8 Å². The number of carbonyl (C=O) groups is 1. The van der Waals surface area contributed by atoms with Gasteiger partial charge in [-0.2, -0.15) is 0 Å². The number of hydrogen-bond donors (Lipinski definition) is 1. The minimum absolute atomic E-state index is 0.0132. The van der Waals surface area contributed by atoms with Crippen LogP contribution < -0.4 is 5.73 Å². The highest BCUT2D eigenvalue weighted by Crippen LogP contribution is 2.27. The summed E-state index contributed by atoms with van der Waals surface area (Å²) >= 11 is 0. The van der Waals surface area contributed by atoms with Gasteiger partial charge in [0.05, 0.1) is 16.6 Å². The maximum Gasteiger partial charge on any atom is 0.254 e. The highest BCUT2D eigenvalue weighted by Gasteiger charge is 2.44. The molecule has 0 aliphatic carbocycles. The summed E-state index contributed by atoms with van der Waals surface area (Å²) in [5, 5.41) is 0. The molecule has 1 aromatic carbocycles. The van der Waals surface area contributed by atoms with Crippen LogP contribution in [-0.4, -0.2) is 39.4 Å². The summed E-state index contributed by atoms with van der Waals surface area (Å²) in [6, 6.07) is 5.41. The molecule has 1 aliphatic rings. The van der Waals surface area contributed by atoms with Gasteiger partial charge in [0.25, 0.3) is 5.91 Å². The third-order valence-electron chi connectivity index (χ3n) is 4.12. The minimum atomic E-state index is -0.244. The molecule has 0 unspecified atom stereocenters. The van der Waals surface area contributed by atoms with E-state index in [1.807, 2.05) is 6.07 Å². The summed E-state index contributed by atoms with van der Waals surface area (Å²) in [5.41, 5.74) is 8.16. The summed E-state index contributed by atoms with van der Waals surface area (Å²) in [6.45, 7) is 5.41. The number of aromatic nitrogens is 2. The Bertz CT molecular complexity index is 662. The largest absolute Gasteiger partial charge is 0.335 e. The van der Waals surface area contributed by atoms with Crippen molar-refractivity contribution in [3.8, 4) is 0 Å². The lowest BCUT2D eigenvalue weighted by atomic mass is 9.80. The van der Waals surface area contributed by atoms with Crippen LogP contribution in [0.2, 0.25) is 0 Å². The van der Waals surface area contributed by atoms with Crippen LogP contribution in [0.15, 0.2) is 30.6 Å². The van der Waals surface area contributed by atoms with Crippen molar-refractivity contribution in [1.82, 2.24) is 14.9 Å². The smallest absolute Gasteiger partial charge is 0.254 e. The van der Waals surface area contributed by atoms with Crippen molar-refractivity contribution in [2.24, 2.45) is 11.7 Å². The number of likely N-dealkylation sites (tertiary alicyclic amines) is 1. The molecule has 5 nitrogen and oxygen atoms in total. The Hall–Kier alpha value is -2.01. The third-order valence-corrected chi connectivity index (χ3v) is 4.12. The molecule has 2 N–H and O–H groups in total. The molecule has 20 heavy (non-hydrogen) atoms. The number of amides is 1. The van der Waals surface area contributed by atoms with Gasteiger partial charge in [-0.15, -0.1) is 0 Å². The van der Waals surface area contributed by atoms with Crippen molar-refractivity contribution in [1.29, 1.82) is 0 Å². The Labute approximate surface area is 117 Å². The predicted molar refractivity (Wildman–Crippen MR) is 77.2 cm³/mol. The number of fused-ring (bicyclic) bond motifs is 1. The maximum absolute atomic E-state index is 12.4.